The Kier molecular flexibility index (Phi) is 3.34. The lowest BCUT2D eigenvalue weighted by molar-refractivity contribution is 0.383. The Morgan fingerprint density at radius 3 is 1.25 bits per heavy atom. The van der Waals surface area contributed by atoms with Crippen molar-refractivity contribution >= 4 is 23.2 Å². The minimum atomic E-state index is 0.0351. The van der Waals surface area contributed by atoms with Crippen molar-refractivity contribution in [3.63, 3.8) is 0 Å². The van der Waals surface area contributed by atoms with Gasteiger partial charge in [0.2, 0.25) is 0 Å². The van der Waals surface area contributed by atoms with E-state index >= 15 is 0 Å². The van der Waals surface area contributed by atoms with E-state index in [1.54, 1.807) is 0 Å². The van der Waals surface area contributed by atoms with E-state index in [-0.39, 0.29) is 9.75 Å². The quantitative estimate of drug-likeness (QED) is 0.520. The number of hydrogen-bond acceptors (Lipinski definition) is 0. The molecule has 0 spiro atoms. The molecule has 0 unspecified atom stereocenters. The molecule has 0 saturated heterocycles. The predicted molar refractivity (Wildman–Crippen MR) is 56.2 cm³/mol. The Hall–Kier alpha value is 0.580. The maximum atomic E-state index is 6.30. The smallest absolute Gasteiger partial charge is 0.0418 e. The second-order valence-corrected chi connectivity index (χ2v) is 6.36. The lowest BCUT2D eigenvalue weighted by atomic mass is 9.86. The van der Waals surface area contributed by atoms with Crippen molar-refractivity contribution in [3.8, 4) is 0 Å². The average molecular weight is 209 g/mol. The Morgan fingerprint density at radius 1 is 0.750 bits per heavy atom. The van der Waals surface area contributed by atoms with Gasteiger partial charge in [-0.05, 0) is 52.4 Å². The zero-order valence-corrected chi connectivity index (χ0v) is 9.51. The molecule has 1 rings (SSSR count). The summed E-state index contributed by atoms with van der Waals surface area (Å²) in [6.45, 7) is 4.29. The summed E-state index contributed by atoms with van der Waals surface area (Å²) in [7, 11) is 0. The minimum Gasteiger partial charge on any atom is -0.120 e. The van der Waals surface area contributed by atoms with Crippen molar-refractivity contribution in [2.75, 3.05) is 0 Å². The summed E-state index contributed by atoms with van der Waals surface area (Å²) in [5.74, 6) is 0. The van der Waals surface area contributed by atoms with Crippen molar-refractivity contribution in [2.24, 2.45) is 0 Å². The molecule has 0 N–H and O–H groups in total. The highest BCUT2D eigenvalue weighted by Crippen LogP contribution is 2.37. The molecular weight excluding hydrogens is 191 g/mol. The first kappa shape index (κ1) is 10.7. The lowest BCUT2D eigenvalue weighted by Crippen LogP contribution is -2.25. The van der Waals surface area contributed by atoms with Crippen LogP contribution in [0.4, 0.5) is 0 Å². The first-order valence-electron chi connectivity index (χ1n) is 4.79. The van der Waals surface area contributed by atoms with Crippen LogP contribution in [0.25, 0.3) is 0 Å². The molecule has 1 saturated carbocycles. The van der Waals surface area contributed by atoms with Crippen LogP contribution in [-0.4, -0.2) is 9.75 Å². The van der Waals surface area contributed by atoms with Gasteiger partial charge in [0.15, 0.2) is 0 Å². The molecule has 0 radical (unpaired) electrons. The summed E-state index contributed by atoms with van der Waals surface area (Å²) >= 11 is 12.6. The Morgan fingerprint density at radius 2 is 1.00 bits per heavy atom. The number of hydrogen-bond donors (Lipinski definition) is 0. The third-order valence-corrected chi connectivity index (χ3v) is 3.55. The van der Waals surface area contributed by atoms with Crippen LogP contribution in [0.15, 0.2) is 0 Å². The molecular formula is C10H18Cl2. The molecule has 1 aliphatic carbocycles. The maximum Gasteiger partial charge on any atom is 0.0418 e. The molecule has 72 valence electrons. The fourth-order valence-corrected chi connectivity index (χ4v) is 2.44. The second kappa shape index (κ2) is 3.75. The van der Waals surface area contributed by atoms with Gasteiger partial charge in [-0.25, -0.2) is 0 Å². The molecule has 1 fully saturated rings. The van der Waals surface area contributed by atoms with Gasteiger partial charge in [-0.2, -0.15) is 0 Å². The fraction of sp³-hybridized carbons (Fsp3) is 1.00. The van der Waals surface area contributed by atoms with Crippen molar-refractivity contribution < 1.29 is 0 Å². The van der Waals surface area contributed by atoms with E-state index in [9.17, 15) is 0 Å². The first-order chi connectivity index (χ1) is 5.41. The average Bonchev–Trinajstić information content (AvgIpc) is 1.82. The molecule has 12 heavy (non-hydrogen) atoms. The molecule has 0 aliphatic heterocycles. The standard InChI is InChI=1S/C10H18Cl2/c1-9(11)5-3-7-10(2,12)8-4-6-9/h3-8H2,1-2H3. The largest absolute Gasteiger partial charge is 0.120 e. The highest BCUT2D eigenvalue weighted by Gasteiger charge is 2.28. The molecule has 2 heteroatoms. The molecule has 0 atom stereocenters. The van der Waals surface area contributed by atoms with E-state index in [1.165, 1.54) is 12.8 Å². The zero-order valence-electron chi connectivity index (χ0n) is 8.00. The molecule has 0 amide bonds. The summed E-state index contributed by atoms with van der Waals surface area (Å²) in [6.07, 6.45) is 6.77. The van der Waals surface area contributed by atoms with Gasteiger partial charge in [0, 0.05) is 9.75 Å². The monoisotopic (exact) mass is 208 g/mol. The summed E-state index contributed by atoms with van der Waals surface area (Å²) in [5, 5.41) is 0. The molecule has 1 aliphatic rings. The summed E-state index contributed by atoms with van der Waals surface area (Å²) in [6, 6.07) is 0. The highest BCUT2D eigenvalue weighted by molar-refractivity contribution is 6.24. The van der Waals surface area contributed by atoms with E-state index in [2.05, 4.69) is 13.8 Å². The number of rotatable bonds is 0. The van der Waals surface area contributed by atoms with Gasteiger partial charge in [0.1, 0.15) is 0 Å². The highest BCUT2D eigenvalue weighted by atomic mass is 35.5. The van der Waals surface area contributed by atoms with Gasteiger partial charge in [-0.15, -0.1) is 23.2 Å². The van der Waals surface area contributed by atoms with Crippen molar-refractivity contribution in [1.82, 2.24) is 0 Å². The molecule has 0 heterocycles. The summed E-state index contributed by atoms with van der Waals surface area (Å²) in [5.41, 5.74) is 0. The molecule has 0 nitrogen and oxygen atoms in total. The summed E-state index contributed by atoms with van der Waals surface area (Å²) in [4.78, 5) is 0.0702. The van der Waals surface area contributed by atoms with E-state index in [0.717, 1.165) is 25.7 Å². The lowest BCUT2D eigenvalue weighted by Gasteiger charge is -2.30. The predicted octanol–water partition coefficient (Wildman–Crippen LogP) is 4.34. The minimum absolute atomic E-state index is 0.0351. The van der Waals surface area contributed by atoms with E-state index < -0.39 is 0 Å². The van der Waals surface area contributed by atoms with Crippen LogP contribution < -0.4 is 0 Å². The first-order valence-corrected chi connectivity index (χ1v) is 5.55. The van der Waals surface area contributed by atoms with Gasteiger partial charge in [-0.1, -0.05) is 0 Å². The Bertz CT molecular complexity index is 120. The van der Waals surface area contributed by atoms with E-state index in [4.69, 9.17) is 23.2 Å². The molecule has 0 aromatic heterocycles. The van der Waals surface area contributed by atoms with Crippen LogP contribution in [0.3, 0.4) is 0 Å². The van der Waals surface area contributed by atoms with Gasteiger partial charge in [-0.3, -0.25) is 0 Å². The summed E-state index contributed by atoms with van der Waals surface area (Å²) < 4.78 is 0. The van der Waals surface area contributed by atoms with Crippen LogP contribution in [0.1, 0.15) is 52.4 Å². The number of halogens is 2. The van der Waals surface area contributed by atoms with E-state index in [0.29, 0.717) is 0 Å². The SMILES string of the molecule is CC1(Cl)CCCC(C)(Cl)CCC1. The van der Waals surface area contributed by atoms with Gasteiger partial charge < -0.3 is 0 Å². The number of alkyl halides is 2. The van der Waals surface area contributed by atoms with Crippen LogP contribution >= 0.6 is 23.2 Å². The normalized spacial score (nSPS) is 45.0. The van der Waals surface area contributed by atoms with Gasteiger partial charge >= 0.3 is 0 Å². The molecule has 0 aromatic rings. The van der Waals surface area contributed by atoms with E-state index in [1.807, 2.05) is 0 Å². The van der Waals surface area contributed by atoms with Crippen LogP contribution in [0, 0.1) is 0 Å². The van der Waals surface area contributed by atoms with Crippen LogP contribution in [0.2, 0.25) is 0 Å². The zero-order chi connectivity index (χ0) is 9.24. The van der Waals surface area contributed by atoms with Gasteiger partial charge in [0.25, 0.3) is 0 Å². The van der Waals surface area contributed by atoms with Crippen LogP contribution in [-0.2, 0) is 0 Å². The van der Waals surface area contributed by atoms with Crippen molar-refractivity contribution in [2.45, 2.75) is 62.1 Å². The van der Waals surface area contributed by atoms with Gasteiger partial charge in [0.05, 0.1) is 0 Å². The topological polar surface area (TPSA) is 0 Å². The Balaban J connectivity index is 2.45. The van der Waals surface area contributed by atoms with Crippen molar-refractivity contribution in [1.29, 1.82) is 0 Å². The molecule has 0 bridgehead atoms. The maximum absolute atomic E-state index is 6.30. The second-order valence-electron chi connectivity index (χ2n) is 4.53. The molecule has 0 aromatic carbocycles. The Labute approximate surface area is 85.6 Å². The van der Waals surface area contributed by atoms with Crippen molar-refractivity contribution in [3.05, 3.63) is 0 Å². The third-order valence-electron chi connectivity index (χ3n) is 2.79. The van der Waals surface area contributed by atoms with Crippen LogP contribution in [0.5, 0.6) is 0 Å². The third kappa shape index (κ3) is 3.53. The fourth-order valence-electron chi connectivity index (χ4n) is 1.90.